The molecule has 78 valence electrons. The Hall–Kier alpha value is -0.750. The van der Waals surface area contributed by atoms with E-state index in [1.54, 1.807) is 0 Å². The predicted molar refractivity (Wildman–Crippen MR) is 51.3 cm³/mol. The van der Waals surface area contributed by atoms with Gasteiger partial charge in [-0.1, -0.05) is 0 Å². The van der Waals surface area contributed by atoms with Crippen LogP contribution in [0, 0.1) is 0 Å². The Morgan fingerprint density at radius 3 is 2.71 bits per heavy atom. The fraction of sp³-hybridized carbons (Fsp3) is 0.375. The van der Waals surface area contributed by atoms with Gasteiger partial charge in [-0.25, -0.2) is 13.8 Å². The molecule has 0 aliphatic heterocycles. The van der Waals surface area contributed by atoms with E-state index in [0.29, 0.717) is 10.2 Å². The normalized spacial score (nSPS) is 10.7. The van der Waals surface area contributed by atoms with E-state index in [9.17, 15) is 8.78 Å². The molecular formula is C8H9BrF2N2O. The van der Waals surface area contributed by atoms with Crippen LogP contribution in [-0.2, 0) is 6.54 Å². The molecule has 2 N–H and O–H groups in total. The van der Waals surface area contributed by atoms with Crippen LogP contribution in [0.15, 0.2) is 10.7 Å². The molecule has 1 rings (SSSR count). The molecule has 14 heavy (non-hydrogen) atoms. The minimum absolute atomic E-state index is 0.0250. The van der Waals surface area contributed by atoms with Crippen molar-refractivity contribution >= 4 is 15.9 Å². The zero-order valence-corrected chi connectivity index (χ0v) is 9.01. The lowest BCUT2D eigenvalue weighted by Gasteiger charge is -2.11. The Labute approximate surface area is 88.4 Å². The van der Waals surface area contributed by atoms with Crippen LogP contribution in [0.3, 0.4) is 0 Å². The Bertz CT molecular complexity index is 308. The van der Waals surface area contributed by atoms with E-state index in [2.05, 4.69) is 20.9 Å². The molecule has 1 aromatic heterocycles. The summed E-state index contributed by atoms with van der Waals surface area (Å²) in [5.74, 6) is -0.0881. The summed E-state index contributed by atoms with van der Waals surface area (Å²) in [6.45, 7) is 0.0250. The second-order valence-electron chi connectivity index (χ2n) is 2.53. The van der Waals surface area contributed by atoms with E-state index in [4.69, 9.17) is 10.5 Å². The third-order valence-corrected chi connectivity index (χ3v) is 2.12. The van der Waals surface area contributed by atoms with E-state index in [0.717, 1.165) is 0 Å². The highest BCUT2D eigenvalue weighted by Crippen LogP contribution is 2.32. The minimum atomic E-state index is -2.64. The first-order chi connectivity index (χ1) is 6.60. The van der Waals surface area contributed by atoms with Gasteiger partial charge in [0, 0.05) is 6.54 Å². The largest absolute Gasteiger partial charge is 0.481 e. The zero-order valence-electron chi connectivity index (χ0n) is 7.43. The molecule has 6 heteroatoms. The SMILES string of the molecule is COc1nc(Br)cc(CN)c1C(F)F. The molecule has 0 saturated heterocycles. The third kappa shape index (κ3) is 2.19. The van der Waals surface area contributed by atoms with Gasteiger partial charge in [-0.15, -0.1) is 0 Å². The van der Waals surface area contributed by atoms with Crippen LogP contribution in [0.4, 0.5) is 8.78 Å². The number of alkyl halides is 2. The lowest BCUT2D eigenvalue weighted by molar-refractivity contribution is 0.144. The summed E-state index contributed by atoms with van der Waals surface area (Å²) in [5, 5.41) is 0. The summed E-state index contributed by atoms with van der Waals surface area (Å²) in [4.78, 5) is 3.78. The van der Waals surface area contributed by atoms with Gasteiger partial charge in [-0.05, 0) is 27.6 Å². The summed E-state index contributed by atoms with van der Waals surface area (Å²) < 4.78 is 30.4. The zero-order chi connectivity index (χ0) is 10.7. The fourth-order valence-electron chi connectivity index (χ4n) is 1.11. The van der Waals surface area contributed by atoms with Crippen molar-refractivity contribution in [2.24, 2.45) is 5.73 Å². The van der Waals surface area contributed by atoms with Gasteiger partial charge in [0.2, 0.25) is 5.88 Å². The summed E-state index contributed by atoms with van der Waals surface area (Å²) in [6.07, 6.45) is -2.64. The molecule has 0 radical (unpaired) electrons. The van der Waals surface area contributed by atoms with Crippen molar-refractivity contribution in [3.63, 3.8) is 0 Å². The van der Waals surface area contributed by atoms with Gasteiger partial charge >= 0.3 is 0 Å². The molecule has 0 saturated carbocycles. The fourth-order valence-corrected chi connectivity index (χ4v) is 1.54. The molecule has 0 bridgehead atoms. The number of ether oxygens (including phenoxy) is 1. The highest BCUT2D eigenvalue weighted by molar-refractivity contribution is 9.10. The van der Waals surface area contributed by atoms with Gasteiger partial charge in [-0.2, -0.15) is 0 Å². The smallest absolute Gasteiger partial charge is 0.269 e. The minimum Gasteiger partial charge on any atom is -0.481 e. The maximum atomic E-state index is 12.6. The van der Waals surface area contributed by atoms with Gasteiger partial charge < -0.3 is 10.5 Å². The summed E-state index contributed by atoms with van der Waals surface area (Å²) in [6, 6.07) is 1.46. The second-order valence-corrected chi connectivity index (χ2v) is 3.34. The molecule has 0 aliphatic rings. The maximum Gasteiger partial charge on any atom is 0.269 e. The number of methoxy groups -OCH3 is 1. The van der Waals surface area contributed by atoms with E-state index < -0.39 is 6.43 Å². The van der Waals surface area contributed by atoms with Gasteiger partial charge in [0.05, 0.1) is 12.7 Å². The van der Waals surface area contributed by atoms with Crippen LogP contribution < -0.4 is 10.5 Å². The Kier molecular flexibility index (Phi) is 3.77. The molecule has 0 amide bonds. The van der Waals surface area contributed by atoms with Crippen molar-refractivity contribution in [1.29, 1.82) is 0 Å². The number of aromatic nitrogens is 1. The predicted octanol–water partition coefficient (Wildman–Crippen LogP) is 2.25. The number of rotatable bonds is 3. The lowest BCUT2D eigenvalue weighted by atomic mass is 10.1. The Morgan fingerprint density at radius 1 is 1.64 bits per heavy atom. The topological polar surface area (TPSA) is 48.1 Å². The molecule has 1 aromatic rings. The molecule has 3 nitrogen and oxygen atoms in total. The highest BCUT2D eigenvalue weighted by atomic mass is 79.9. The highest BCUT2D eigenvalue weighted by Gasteiger charge is 2.20. The number of nitrogens with zero attached hydrogens (tertiary/aromatic N) is 1. The van der Waals surface area contributed by atoms with Crippen molar-refractivity contribution < 1.29 is 13.5 Å². The third-order valence-electron chi connectivity index (χ3n) is 1.71. The van der Waals surface area contributed by atoms with Crippen LogP contribution in [0.2, 0.25) is 0 Å². The lowest BCUT2D eigenvalue weighted by Crippen LogP contribution is -2.06. The van der Waals surface area contributed by atoms with Gasteiger partial charge in [-0.3, -0.25) is 0 Å². The number of nitrogens with two attached hydrogens (primary N) is 1. The summed E-state index contributed by atoms with van der Waals surface area (Å²) in [5.41, 5.74) is 5.44. The van der Waals surface area contributed by atoms with Crippen molar-refractivity contribution in [3.05, 3.63) is 21.8 Å². The van der Waals surface area contributed by atoms with Crippen LogP contribution in [0.1, 0.15) is 17.6 Å². The molecule has 1 heterocycles. The molecule has 0 aliphatic carbocycles. The van der Waals surface area contributed by atoms with Gasteiger partial charge in [0.15, 0.2) is 0 Å². The van der Waals surface area contributed by atoms with Crippen LogP contribution in [-0.4, -0.2) is 12.1 Å². The molecule has 0 fully saturated rings. The van der Waals surface area contributed by atoms with E-state index >= 15 is 0 Å². The number of pyridine rings is 1. The number of hydrogen-bond acceptors (Lipinski definition) is 3. The van der Waals surface area contributed by atoms with Crippen LogP contribution in [0.25, 0.3) is 0 Å². The van der Waals surface area contributed by atoms with Crippen LogP contribution in [0.5, 0.6) is 5.88 Å². The Balaban J connectivity index is 3.33. The molecule has 0 aromatic carbocycles. The molecule has 0 spiro atoms. The average molecular weight is 267 g/mol. The molecule has 0 unspecified atom stereocenters. The molecular weight excluding hydrogens is 258 g/mol. The first-order valence-electron chi connectivity index (χ1n) is 3.81. The van der Waals surface area contributed by atoms with Crippen molar-refractivity contribution in [2.75, 3.05) is 7.11 Å². The first-order valence-corrected chi connectivity index (χ1v) is 4.61. The summed E-state index contributed by atoms with van der Waals surface area (Å²) >= 11 is 3.09. The van der Waals surface area contributed by atoms with Crippen molar-refractivity contribution in [1.82, 2.24) is 4.98 Å². The molecule has 0 atom stereocenters. The van der Waals surface area contributed by atoms with E-state index in [-0.39, 0.29) is 18.0 Å². The van der Waals surface area contributed by atoms with Crippen molar-refractivity contribution in [3.8, 4) is 5.88 Å². The van der Waals surface area contributed by atoms with Gasteiger partial charge in [0.25, 0.3) is 6.43 Å². The average Bonchev–Trinajstić information content (AvgIpc) is 2.15. The summed E-state index contributed by atoms with van der Waals surface area (Å²) in [7, 11) is 1.29. The van der Waals surface area contributed by atoms with Crippen LogP contribution >= 0.6 is 15.9 Å². The van der Waals surface area contributed by atoms with Crippen molar-refractivity contribution in [2.45, 2.75) is 13.0 Å². The standard InChI is InChI=1S/C8H9BrF2N2O/c1-14-8-6(7(10)11)4(3-12)2-5(9)13-8/h2,7H,3,12H2,1H3. The quantitative estimate of drug-likeness (QED) is 0.854. The van der Waals surface area contributed by atoms with Gasteiger partial charge in [0.1, 0.15) is 4.60 Å². The van der Waals surface area contributed by atoms with E-state index in [1.807, 2.05) is 0 Å². The first kappa shape index (κ1) is 11.3. The monoisotopic (exact) mass is 266 g/mol. The Morgan fingerprint density at radius 2 is 2.29 bits per heavy atom. The maximum absolute atomic E-state index is 12.6. The van der Waals surface area contributed by atoms with E-state index in [1.165, 1.54) is 13.2 Å². The second kappa shape index (κ2) is 4.65. The number of halogens is 3. The number of hydrogen-bond donors (Lipinski definition) is 1.